The third-order valence-electron chi connectivity index (χ3n) is 3.28. The SMILES string of the molecule is N#CCc1ccc(C(=O)NC2(C(=O)O)CCSC2)cc1. The predicted molar refractivity (Wildman–Crippen MR) is 75.5 cm³/mol. The highest BCUT2D eigenvalue weighted by molar-refractivity contribution is 7.99. The van der Waals surface area contributed by atoms with Crippen LogP contribution in [0.3, 0.4) is 0 Å². The Morgan fingerprint density at radius 3 is 2.60 bits per heavy atom. The fourth-order valence-electron chi connectivity index (χ4n) is 2.04. The number of carbonyl (C=O) groups excluding carboxylic acids is 1. The molecule has 1 aromatic carbocycles. The van der Waals surface area contributed by atoms with Crippen LogP contribution < -0.4 is 5.32 Å². The number of carboxylic acids is 1. The summed E-state index contributed by atoms with van der Waals surface area (Å²) in [6.45, 7) is 0. The molecule has 0 saturated carbocycles. The zero-order chi connectivity index (χ0) is 14.6. The predicted octanol–water partition coefficient (Wildman–Crippen LogP) is 1.44. The van der Waals surface area contributed by atoms with Crippen LogP contribution in [-0.2, 0) is 11.2 Å². The highest BCUT2D eigenvalue weighted by Gasteiger charge is 2.43. The number of thioether (sulfide) groups is 1. The van der Waals surface area contributed by atoms with Gasteiger partial charge in [-0.1, -0.05) is 12.1 Å². The largest absolute Gasteiger partial charge is 0.479 e. The number of hydrogen-bond donors (Lipinski definition) is 2. The molecule has 104 valence electrons. The average molecular weight is 290 g/mol. The summed E-state index contributed by atoms with van der Waals surface area (Å²) in [5, 5.41) is 20.5. The first-order valence-electron chi connectivity index (χ1n) is 6.17. The zero-order valence-electron chi connectivity index (χ0n) is 10.8. The minimum atomic E-state index is -1.16. The summed E-state index contributed by atoms with van der Waals surface area (Å²) in [5.74, 6) is -0.260. The van der Waals surface area contributed by atoms with Crippen molar-refractivity contribution >= 4 is 23.6 Å². The van der Waals surface area contributed by atoms with E-state index in [1.54, 1.807) is 24.3 Å². The minimum absolute atomic E-state index is 0.289. The number of nitrogens with one attached hydrogen (secondary N) is 1. The van der Waals surface area contributed by atoms with Gasteiger partial charge in [0.25, 0.3) is 5.91 Å². The summed E-state index contributed by atoms with van der Waals surface area (Å²) in [7, 11) is 0. The Bertz CT molecular complexity index is 557. The molecule has 0 spiro atoms. The van der Waals surface area contributed by atoms with Crippen molar-refractivity contribution in [3.05, 3.63) is 35.4 Å². The van der Waals surface area contributed by atoms with Gasteiger partial charge < -0.3 is 10.4 Å². The Labute approximate surface area is 121 Å². The number of carboxylic acid groups (broad SMARTS) is 1. The highest BCUT2D eigenvalue weighted by Crippen LogP contribution is 2.28. The zero-order valence-corrected chi connectivity index (χ0v) is 11.6. The van der Waals surface area contributed by atoms with Crippen molar-refractivity contribution in [2.45, 2.75) is 18.4 Å². The van der Waals surface area contributed by atoms with Crippen LogP contribution in [0.25, 0.3) is 0 Å². The molecule has 1 amide bonds. The van der Waals surface area contributed by atoms with Gasteiger partial charge in [-0.15, -0.1) is 0 Å². The number of carbonyl (C=O) groups is 2. The van der Waals surface area contributed by atoms with E-state index in [0.717, 1.165) is 11.3 Å². The molecular weight excluding hydrogens is 276 g/mol. The summed E-state index contributed by atoms with van der Waals surface area (Å²) >= 11 is 1.52. The topological polar surface area (TPSA) is 90.2 Å². The summed E-state index contributed by atoms with van der Waals surface area (Å²) in [5.41, 5.74) is 0.0743. The van der Waals surface area contributed by atoms with Crippen LogP contribution in [0.1, 0.15) is 22.3 Å². The van der Waals surface area contributed by atoms with Gasteiger partial charge in [-0.3, -0.25) is 4.79 Å². The lowest BCUT2D eigenvalue weighted by Crippen LogP contribution is -2.54. The number of nitrogens with zero attached hydrogens (tertiary/aromatic N) is 1. The molecule has 0 radical (unpaired) electrons. The van der Waals surface area contributed by atoms with E-state index in [4.69, 9.17) is 5.26 Å². The van der Waals surface area contributed by atoms with E-state index < -0.39 is 17.4 Å². The second-order valence-electron chi connectivity index (χ2n) is 4.68. The fourth-order valence-corrected chi connectivity index (χ4v) is 3.37. The molecule has 1 heterocycles. The summed E-state index contributed by atoms with van der Waals surface area (Å²) in [6.07, 6.45) is 0.725. The van der Waals surface area contributed by atoms with Crippen LogP contribution in [0.4, 0.5) is 0 Å². The van der Waals surface area contributed by atoms with Gasteiger partial charge >= 0.3 is 5.97 Å². The molecule has 1 aliphatic rings. The van der Waals surface area contributed by atoms with Crippen LogP contribution in [0.15, 0.2) is 24.3 Å². The van der Waals surface area contributed by atoms with Crippen molar-refractivity contribution in [2.24, 2.45) is 0 Å². The van der Waals surface area contributed by atoms with E-state index in [2.05, 4.69) is 5.32 Å². The lowest BCUT2D eigenvalue weighted by Gasteiger charge is -2.24. The molecule has 5 nitrogen and oxygen atoms in total. The van der Waals surface area contributed by atoms with Crippen molar-refractivity contribution in [1.29, 1.82) is 5.26 Å². The van der Waals surface area contributed by atoms with Crippen LogP contribution in [-0.4, -0.2) is 34.0 Å². The van der Waals surface area contributed by atoms with Gasteiger partial charge in [0, 0.05) is 11.3 Å². The Morgan fingerprint density at radius 1 is 1.40 bits per heavy atom. The minimum Gasteiger partial charge on any atom is -0.479 e. The smallest absolute Gasteiger partial charge is 0.330 e. The van der Waals surface area contributed by atoms with E-state index >= 15 is 0 Å². The van der Waals surface area contributed by atoms with Crippen LogP contribution >= 0.6 is 11.8 Å². The van der Waals surface area contributed by atoms with Gasteiger partial charge in [-0.25, -0.2) is 4.79 Å². The van der Waals surface area contributed by atoms with Crippen molar-refractivity contribution < 1.29 is 14.7 Å². The van der Waals surface area contributed by atoms with Crippen molar-refractivity contribution in [1.82, 2.24) is 5.32 Å². The van der Waals surface area contributed by atoms with Crippen LogP contribution in [0.2, 0.25) is 0 Å². The molecule has 1 saturated heterocycles. The molecule has 0 bridgehead atoms. The molecule has 1 unspecified atom stereocenters. The molecule has 1 fully saturated rings. The van der Waals surface area contributed by atoms with Gasteiger partial charge in [-0.05, 0) is 29.9 Å². The first-order valence-corrected chi connectivity index (χ1v) is 7.32. The summed E-state index contributed by atoms with van der Waals surface area (Å²) in [4.78, 5) is 23.5. The van der Waals surface area contributed by atoms with E-state index in [1.165, 1.54) is 11.8 Å². The standard InChI is InChI=1S/C14H14N2O3S/c15-7-5-10-1-3-11(4-2-10)12(17)16-14(13(18)19)6-8-20-9-14/h1-4H,5-6,8-9H2,(H,16,17)(H,18,19). The van der Waals surface area contributed by atoms with Crippen molar-refractivity contribution in [3.63, 3.8) is 0 Å². The molecule has 1 atom stereocenters. The molecule has 1 aliphatic heterocycles. The molecule has 1 aromatic rings. The Balaban J connectivity index is 2.11. The number of benzene rings is 1. The van der Waals surface area contributed by atoms with E-state index in [9.17, 15) is 14.7 Å². The quantitative estimate of drug-likeness (QED) is 0.875. The number of hydrogen-bond acceptors (Lipinski definition) is 4. The molecule has 20 heavy (non-hydrogen) atoms. The van der Waals surface area contributed by atoms with Gasteiger partial charge in [0.2, 0.25) is 0 Å². The van der Waals surface area contributed by atoms with Gasteiger partial charge in [0.15, 0.2) is 0 Å². The third-order valence-corrected chi connectivity index (χ3v) is 4.47. The number of rotatable bonds is 4. The molecule has 0 aromatic heterocycles. The van der Waals surface area contributed by atoms with E-state index in [1.807, 2.05) is 6.07 Å². The second kappa shape index (κ2) is 5.97. The molecule has 2 rings (SSSR count). The maximum absolute atomic E-state index is 12.1. The Kier molecular flexibility index (Phi) is 4.30. The Morgan fingerprint density at radius 2 is 2.10 bits per heavy atom. The summed E-state index contributed by atoms with van der Waals surface area (Å²) < 4.78 is 0. The monoisotopic (exact) mass is 290 g/mol. The fraction of sp³-hybridized carbons (Fsp3) is 0.357. The first-order chi connectivity index (χ1) is 9.57. The molecule has 0 aliphatic carbocycles. The van der Waals surface area contributed by atoms with E-state index in [-0.39, 0.29) is 6.42 Å². The molecule has 6 heteroatoms. The number of aliphatic carboxylic acids is 1. The average Bonchev–Trinajstić information content (AvgIpc) is 2.90. The lowest BCUT2D eigenvalue weighted by molar-refractivity contribution is -0.143. The maximum Gasteiger partial charge on any atom is 0.330 e. The molecule has 2 N–H and O–H groups in total. The highest BCUT2D eigenvalue weighted by atomic mass is 32.2. The van der Waals surface area contributed by atoms with Crippen LogP contribution in [0.5, 0.6) is 0 Å². The van der Waals surface area contributed by atoms with Gasteiger partial charge in [-0.2, -0.15) is 17.0 Å². The number of amides is 1. The third kappa shape index (κ3) is 2.94. The van der Waals surface area contributed by atoms with Gasteiger partial charge in [0.1, 0.15) is 5.54 Å². The van der Waals surface area contributed by atoms with Gasteiger partial charge in [0.05, 0.1) is 12.5 Å². The van der Waals surface area contributed by atoms with E-state index in [0.29, 0.717) is 17.7 Å². The molecular formula is C14H14N2O3S. The van der Waals surface area contributed by atoms with Crippen molar-refractivity contribution in [3.8, 4) is 6.07 Å². The lowest BCUT2D eigenvalue weighted by atomic mass is 9.98. The first kappa shape index (κ1) is 14.4. The summed E-state index contributed by atoms with van der Waals surface area (Å²) in [6, 6.07) is 8.66. The number of nitriles is 1. The van der Waals surface area contributed by atoms with Crippen LogP contribution in [0, 0.1) is 11.3 Å². The van der Waals surface area contributed by atoms with Crippen molar-refractivity contribution in [2.75, 3.05) is 11.5 Å². The normalized spacial score (nSPS) is 21.1. The maximum atomic E-state index is 12.1. The Hall–Kier alpha value is -2.00. The second-order valence-corrected chi connectivity index (χ2v) is 5.78.